The van der Waals surface area contributed by atoms with E-state index in [9.17, 15) is 4.79 Å². The summed E-state index contributed by atoms with van der Waals surface area (Å²) in [5.41, 5.74) is 3.61. The molecule has 0 bridgehead atoms. The smallest absolute Gasteiger partial charge is 0.251 e. The molecule has 1 amide bonds. The number of carbonyl (C=O) groups excluding carboxylic acids is 1. The molecule has 1 fully saturated rings. The van der Waals surface area contributed by atoms with E-state index in [0.29, 0.717) is 6.04 Å². The first-order valence-corrected chi connectivity index (χ1v) is 7.46. The molecule has 0 saturated carbocycles. The monoisotopic (exact) mass is 258 g/mol. The molecule has 1 atom stereocenters. The number of rotatable bonds is 4. The molecule has 0 unspecified atom stereocenters. The fraction of sp³-hybridized carbons (Fsp3) is 0.562. The summed E-state index contributed by atoms with van der Waals surface area (Å²) in [6.45, 7) is 1.90. The van der Waals surface area contributed by atoms with Crippen LogP contribution in [0.4, 0.5) is 0 Å². The maximum atomic E-state index is 12.1. The van der Waals surface area contributed by atoms with Crippen LogP contribution in [0.25, 0.3) is 0 Å². The average molecular weight is 258 g/mol. The van der Waals surface area contributed by atoms with Gasteiger partial charge in [-0.15, -0.1) is 0 Å². The van der Waals surface area contributed by atoms with Crippen molar-refractivity contribution in [2.24, 2.45) is 0 Å². The van der Waals surface area contributed by atoms with Crippen molar-refractivity contribution in [2.75, 3.05) is 13.1 Å². The maximum Gasteiger partial charge on any atom is 0.251 e. The molecule has 1 saturated heterocycles. The normalized spacial score (nSPS) is 21.4. The molecule has 3 heteroatoms. The van der Waals surface area contributed by atoms with Crippen LogP contribution in [-0.4, -0.2) is 25.0 Å². The minimum atomic E-state index is 0.0766. The molecule has 2 N–H and O–H groups in total. The summed E-state index contributed by atoms with van der Waals surface area (Å²) in [7, 11) is 0. The van der Waals surface area contributed by atoms with Gasteiger partial charge in [-0.05, 0) is 68.3 Å². The van der Waals surface area contributed by atoms with E-state index < -0.39 is 0 Å². The van der Waals surface area contributed by atoms with Crippen LogP contribution in [0.5, 0.6) is 0 Å². The molecule has 19 heavy (non-hydrogen) atoms. The molecule has 3 rings (SSSR count). The molecule has 1 aliphatic heterocycles. The summed E-state index contributed by atoms with van der Waals surface area (Å²) in [5.74, 6) is 0.0766. The molecule has 0 radical (unpaired) electrons. The van der Waals surface area contributed by atoms with Gasteiger partial charge in [0.1, 0.15) is 0 Å². The topological polar surface area (TPSA) is 41.1 Å². The van der Waals surface area contributed by atoms with Crippen molar-refractivity contribution in [3.8, 4) is 0 Å². The van der Waals surface area contributed by atoms with Crippen molar-refractivity contribution in [1.29, 1.82) is 0 Å². The first-order valence-electron chi connectivity index (χ1n) is 7.46. The average Bonchev–Trinajstić information content (AvgIpc) is 3.08. The van der Waals surface area contributed by atoms with E-state index in [0.717, 1.165) is 31.5 Å². The van der Waals surface area contributed by atoms with Crippen molar-refractivity contribution >= 4 is 5.91 Å². The van der Waals surface area contributed by atoms with E-state index in [-0.39, 0.29) is 5.91 Å². The zero-order chi connectivity index (χ0) is 13.1. The highest BCUT2D eigenvalue weighted by Gasteiger charge is 2.15. The van der Waals surface area contributed by atoms with Gasteiger partial charge >= 0.3 is 0 Å². The Morgan fingerprint density at radius 1 is 1.26 bits per heavy atom. The van der Waals surface area contributed by atoms with Gasteiger partial charge in [-0.2, -0.15) is 0 Å². The number of hydrogen-bond donors (Lipinski definition) is 2. The fourth-order valence-corrected chi connectivity index (χ4v) is 3.18. The minimum absolute atomic E-state index is 0.0766. The number of nitrogens with one attached hydrogen (secondary N) is 2. The van der Waals surface area contributed by atoms with E-state index in [2.05, 4.69) is 22.8 Å². The number of aryl methyl sites for hydroxylation is 2. The van der Waals surface area contributed by atoms with Crippen LogP contribution in [-0.2, 0) is 12.8 Å². The van der Waals surface area contributed by atoms with Crippen LogP contribution in [0.2, 0.25) is 0 Å². The molecular weight excluding hydrogens is 236 g/mol. The summed E-state index contributed by atoms with van der Waals surface area (Å²) < 4.78 is 0. The Morgan fingerprint density at radius 2 is 2.16 bits per heavy atom. The number of benzene rings is 1. The van der Waals surface area contributed by atoms with Crippen LogP contribution in [0, 0.1) is 0 Å². The summed E-state index contributed by atoms with van der Waals surface area (Å²) in [4.78, 5) is 12.1. The number of carbonyl (C=O) groups is 1. The van der Waals surface area contributed by atoms with Crippen molar-refractivity contribution in [3.63, 3.8) is 0 Å². The van der Waals surface area contributed by atoms with Gasteiger partial charge in [0.2, 0.25) is 0 Å². The Hall–Kier alpha value is -1.35. The molecule has 3 nitrogen and oxygen atoms in total. The van der Waals surface area contributed by atoms with E-state index in [1.54, 1.807) is 0 Å². The summed E-state index contributed by atoms with van der Waals surface area (Å²) >= 11 is 0. The third-order valence-electron chi connectivity index (χ3n) is 4.30. The lowest BCUT2D eigenvalue weighted by Gasteiger charge is -2.11. The Labute approximate surface area is 114 Å². The minimum Gasteiger partial charge on any atom is -0.352 e. The largest absolute Gasteiger partial charge is 0.352 e. The van der Waals surface area contributed by atoms with Crippen molar-refractivity contribution in [3.05, 3.63) is 34.9 Å². The molecule has 102 valence electrons. The second-order valence-electron chi connectivity index (χ2n) is 5.67. The Kier molecular flexibility index (Phi) is 3.83. The SMILES string of the molecule is O=C(NCC[C@@H]1CCCN1)c1ccc2c(c1)CCC2. The predicted octanol–water partition coefficient (Wildman–Crippen LogP) is 2.05. The highest BCUT2D eigenvalue weighted by Crippen LogP contribution is 2.22. The molecule has 1 aromatic rings. The van der Waals surface area contributed by atoms with Gasteiger partial charge in [0.15, 0.2) is 0 Å². The lowest BCUT2D eigenvalue weighted by atomic mass is 10.1. The van der Waals surface area contributed by atoms with Gasteiger partial charge < -0.3 is 10.6 Å². The predicted molar refractivity (Wildman–Crippen MR) is 76.4 cm³/mol. The van der Waals surface area contributed by atoms with Crippen LogP contribution in [0.15, 0.2) is 18.2 Å². The number of amides is 1. The van der Waals surface area contributed by atoms with Gasteiger partial charge in [0, 0.05) is 18.2 Å². The van der Waals surface area contributed by atoms with Crippen molar-refractivity contribution < 1.29 is 4.79 Å². The third-order valence-corrected chi connectivity index (χ3v) is 4.30. The molecule has 1 heterocycles. The van der Waals surface area contributed by atoms with E-state index in [1.165, 1.54) is 36.8 Å². The highest BCUT2D eigenvalue weighted by molar-refractivity contribution is 5.94. The van der Waals surface area contributed by atoms with Gasteiger partial charge in [-0.3, -0.25) is 4.79 Å². The van der Waals surface area contributed by atoms with Crippen LogP contribution in [0.1, 0.15) is 47.2 Å². The van der Waals surface area contributed by atoms with Gasteiger partial charge in [0.05, 0.1) is 0 Å². The lowest BCUT2D eigenvalue weighted by Crippen LogP contribution is -2.30. The van der Waals surface area contributed by atoms with Crippen LogP contribution in [0.3, 0.4) is 0 Å². The Balaban J connectivity index is 1.52. The Bertz CT molecular complexity index is 464. The van der Waals surface area contributed by atoms with Crippen molar-refractivity contribution in [2.45, 2.75) is 44.6 Å². The molecule has 1 aromatic carbocycles. The first-order chi connectivity index (χ1) is 9.33. The first kappa shape index (κ1) is 12.7. The van der Waals surface area contributed by atoms with Crippen LogP contribution >= 0.6 is 0 Å². The van der Waals surface area contributed by atoms with E-state index in [4.69, 9.17) is 0 Å². The molecule has 0 spiro atoms. The molecule has 2 aliphatic rings. The van der Waals surface area contributed by atoms with Crippen molar-refractivity contribution in [1.82, 2.24) is 10.6 Å². The standard InChI is InChI=1S/C16H22N2O/c19-16(18-10-8-15-5-2-9-17-15)14-7-6-12-3-1-4-13(12)11-14/h6-7,11,15,17H,1-5,8-10H2,(H,18,19)/t15-/m0/s1. The summed E-state index contributed by atoms with van der Waals surface area (Å²) in [5, 5.41) is 6.49. The van der Waals surface area contributed by atoms with Gasteiger partial charge in [0.25, 0.3) is 5.91 Å². The third kappa shape index (κ3) is 2.98. The summed E-state index contributed by atoms with van der Waals surface area (Å²) in [6, 6.07) is 6.76. The quantitative estimate of drug-likeness (QED) is 0.868. The fourth-order valence-electron chi connectivity index (χ4n) is 3.18. The molecule has 0 aromatic heterocycles. The van der Waals surface area contributed by atoms with Gasteiger partial charge in [-0.25, -0.2) is 0 Å². The second-order valence-corrected chi connectivity index (χ2v) is 5.67. The molecule has 1 aliphatic carbocycles. The Morgan fingerprint density at radius 3 is 3.00 bits per heavy atom. The number of hydrogen-bond acceptors (Lipinski definition) is 2. The van der Waals surface area contributed by atoms with E-state index in [1.807, 2.05) is 6.07 Å². The van der Waals surface area contributed by atoms with E-state index >= 15 is 0 Å². The zero-order valence-corrected chi connectivity index (χ0v) is 11.4. The molecular formula is C16H22N2O. The highest BCUT2D eigenvalue weighted by atomic mass is 16.1. The second kappa shape index (κ2) is 5.74. The van der Waals surface area contributed by atoms with Gasteiger partial charge in [-0.1, -0.05) is 6.07 Å². The number of fused-ring (bicyclic) bond motifs is 1. The summed E-state index contributed by atoms with van der Waals surface area (Å²) in [6.07, 6.45) is 7.08. The lowest BCUT2D eigenvalue weighted by molar-refractivity contribution is 0.0952. The maximum absolute atomic E-state index is 12.1. The van der Waals surface area contributed by atoms with Crippen LogP contribution < -0.4 is 10.6 Å². The zero-order valence-electron chi connectivity index (χ0n) is 11.4.